The van der Waals surface area contributed by atoms with Crippen LogP contribution in [0.1, 0.15) is 11.4 Å². The summed E-state index contributed by atoms with van der Waals surface area (Å²) in [7, 11) is 0. The van der Waals surface area contributed by atoms with E-state index in [0.717, 1.165) is 0 Å². The lowest BCUT2D eigenvalue weighted by Crippen LogP contribution is -2.24. The average Bonchev–Trinajstić information content (AvgIpc) is 2.89. The number of nitrogens with two attached hydrogens (primary N) is 2. The Morgan fingerprint density at radius 2 is 1.81 bits per heavy atom. The van der Waals surface area contributed by atoms with Crippen molar-refractivity contribution in [2.45, 2.75) is 0 Å². The lowest BCUT2D eigenvalue weighted by atomic mass is 10.2. The van der Waals surface area contributed by atoms with Gasteiger partial charge < -0.3 is 15.9 Å². The quantitative estimate of drug-likeness (QED) is 0.482. The monoisotopic (exact) mass is 281 g/mol. The van der Waals surface area contributed by atoms with E-state index in [1.165, 1.54) is 12.4 Å². The maximum atomic E-state index is 7.46. The molecule has 2 heterocycles. The standard InChI is InChI=1S/C13H11N7O/c14-11(15)9-10(18-6-5-17-9)12(16)20-13-19-7-3-1-2-4-8(7)21-13/h1-6H,(H3,14,15)(H2,16,19,20). The van der Waals surface area contributed by atoms with E-state index in [-0.39, 0.29) is 29.1 Å². The minimum Gasteiger partial charge on any atom is -0.422 e. The topological polar surface area (TPSA) is 140 Å². The summed E-state index contributed by atoms with van der Waals surface area (Å²) in [6, 6.07) is 7.37. The first-order valence-corrected chi connectivity index (χ1v) is 6.00. The maximum absolute atomic E-state index is 7.46. The van der Waals surface area contributed by atoms with Crippen LogP contribution in [0, 0.1) is 5.41 Å². The van der Waals surface area contributed by atoms with Crippen molar-refractivity contribution >= 4 is 28.8 Å². The van der Waals surface area contributed by atoms with Crippen LogP contribution in [-0.4, -0.2) is 26.6 Å². The molecule has 104 valence electrons. The number of benzene rings is 1. The molecule has 0 aliphatic rings. The Bertz CT molecular complexity index is 819. The van der Waals surface area contributed by atoms with Crippen molar-refractivity contribution in [3.05, 3.63) is 48.0 Å². The fraction of sp³-hybridized carbons (Fsp3) is 0. The van der Waals surface area contributed by atoms with E-state index in [9.17, 15) is 0 Å². The van der Waals surface area contributed by atoms with E-state index in [1.54, 1.807) is 12.1 Å². The molecule has 3 rings (SSSR count). The largest absolute Gasteiger partial charge is 0.422 e. The molecular formula is C13H11N7O. The fourth-order valence-electron chi connectivity index (χ4n) is 1.79. The number of aromatic nitrogens is 3. The number of rotatable bonds is 3. The van der Waals surface area contributed by atoms with Gasteiger partial charge in [-0.15, -0.1) is 0 Å². The highest BCUT2D eigenvalue weighted by molar-refractivity contribution is 6.07. The third kappa shape index (κ3) is 2.41. The molecule has 5 N–H and O–H groups in total. The second-order valence-corrected chi connectivity index (χ2v) is 4.13. The molecule has 0 aliphatic carbocycles. The zero-order valence-electron chi connectivity index (χ0n) is 10.8. The average molecular weight is 281 g/mol. The van der Waals surface area contributed by atoms with Crippen LogP contribution >= 0.6 is 0 Å². The van der Waals surface area contributed by atoms with Crippen LogP contribution < -0.4 is 11.5 Å². The lowest BCUT2D eigenvalue weighted by molar-refractivity contribution is 0.613. The van der Waals surface area contributed by atoms with E-state index < -0.39 is 0 Å². The molecule has 21 heavy (non-hydrogen) atoms. The van der Waals surface area contributed by atoms with Gasteiger partial charge in [-0.1, -0.05) is 12.1 Å². The molecule has 0 amide bonds. The molecule has 0 unspecified atom stereocenters. The minimum absolute atomic E-state index is 0.0276. The van der Waals surface area contributed by atoms with Crippen molar-refractivity contribution in [1.29, 1.82) is 5.41 Å². The van der Waals surface area contributed by atoms with E-state index in [4.69, 9.17) is 21.3 Å². The molecule has 1 aromatic carbocycles. The number of hydrogen-bond acceptors (Lipinski definition) is 6. The highest BCUT2D eigenvalue weighted by atomic mass is 16.4. The molecule has 0 saturated heterocycles. The number of aliphatic imine (C=N–C) groups is 1. The molecule has 8 nitrogen and oxygen atoms in total. The number of oxazole rings is 1. The van der Waals surface area contributed by atoms with Crippen molar-refractivity contribution in [3.8, 4) is 0 Å². The zero-order valence-corrected chi connectivity index (χ0v) is 10.8. The number of nitrogens with one attached hydrogen (secondary N) is 1. The molecule has 2 aromatic heterocycles. The molecule has 0 spiro atoms. The van der Waals surface area contributed by atoms with E-state index in [0.29, 0.717) is 11.1 Å². The van der Waals surface area contributed by atoms with Gasteiger partial charge in [0.05, 0.1) is 0 Å². The van der Waals surface area contributed by atoms with Gasteiger partial charge in [-0.3, -0.25) is 5.41 Å². The first-order valence-electron chi connectivity index (χ1n) is 6.00. The van der Waals surface area contributed by atoms with E-state index in [1.807, 2.05) is 12.1 Å². The Labute approximate surface area is 119 Å². The summed E-state index contributed by atoms with van der Waals surface area (Å²) in [4.78, 5) is 16.3. The van der Waals surface area contributed by atoms with Gasteiger partial charge >= 0.3 is 6.01 Å². The van der Waals surface area contributed by atoms with Gasteiger partial charge in [0.1, 0.15) is 22.7 Å². The molecule has 0 atom stereocenters. The number of nitrogens with zero attached hydrogens (tertiary/aromatic N) is 4. The molecule has 3 aromatic rings. The molecule has 0 bridgehead atoms. The molecule has 8 heteroatoms. The van der Waals surface area contributed by atoms with Crippen LogP contribution in [0.5, 0.6) is 0 Å². The number of amidine groups is 2. The first-order chi connectivity index (χ1) is 10.1. The molecule has 0 aliphatic heterocycles. The molecule has 0 radical (unpaired) electrons. The Kier molecular flexibility index (Phi) is 3.03. The van der Waals surface area contributed by atoms with Crippen LogP contribution in [0.3, 0.4) is 0 Å². The Hall–Kier alpha value is -3.29. The van der Waals surface area contributed by atoms with Crippen molar-refractivity contribution in [2.24, 2.45) is 16.5 Å². The van der Waals surface area contributed by atoms with Gasteiger partial charge in [0.15, 0.2) is 11.4 Å². The molecule has 0 saturated carbocycles. The fourth-order valence-corrected chi connectivity index (χ4v) is 1.79. The third-order valence-electron chi connectivity index (χ3n) is 2.69. The van der Waals surface area contributed by atoms with Crippen LogP contribution in [0.25, 0.3) is 11.1 Å². The SMILES string of the molecule is N=C(N)c1nccnc1/C(N)=N/c1nc2ccccc2o1. The lowest BCUT2D eigenvalue weighted by Gasteiger charge is -2.03. The molecular weight excluding hydrogens is 270 g/mol. The predicted molar refractivity (Wildman–Crippen MR) is 77.4 cm³/mol. The van der Waals surface area contributed by atoms with Crippen molar-refractivity contribution in [1.82, 2.24) is 15.0 Å². The van der Waals surface area contributed by atoms with E-state index >= 15 is 0 Å². The van der Waals surface area contributed by atoms with Gasteiger partial charge in [-0.05, 0) is 12.1 Å². The summed E-state index contributed by atoms with van der Waals surface area (Å²) in [6.07, 6.45) is 2.86. The van der Waals surface area contributed by atoms with Crippen LogP contribution in [-0.2, 0) is 0 Å². The normalized spacial score (nSPS) is 11.7. The maximum Gasteiger partial charge on any atom is 0.324 e. The highest BCUT2D eigenvalue weighted by Crippen LogP contribution is 2.20. The summed E-state index contributed by atoms with van der Waals surface area (Å²) in [5.41, 5.74) is 13.0. The summed E-state index contributed by atoms with van der Waals surface area (Å²) < 4.78 is 5.45. The van der Waals surface area contributed by atoms with Crippen LogP contribution in [0.15, 0.2) is 46.1 Å². The summed E-state index contributed by atoms with van der Waals surface area (Å²) in [5.74, 6) is -0.214. The number of para-hydroxylation sites is 2. The summed E-state index contributed by atoms with van der Waals surface area (Å²) >= 11 is 0. The van der Waals surface area contributed by atoms with Crippen LogP contribution in [0.4, 0.5) is 6.01 Å². The second-order valence-electron chi connectivity index (χ2n) is 4.13. The Morgan fingerprint density at radius 3 is 2.52 bits per heavy atom. The minimum atomic E-state index is -0.242. The van der Waals surface area contributed by atoms with Crippen LogP contribution in [0.2, 0.25) is 0 Å². The smallest absolute Gasteiger partial charge is 0.324 e. The summed E-state index contributed by atoms with van der Waals surface area (Å²) in [6.45, 7) is 0. The van der Waals surface area contributed by atoms with Crippen molar-refractivity contribution < 1.29 is 4.42 Å². The van der Waals surface area contributed by atoms with Gasteiger partial charge in [-0.2, -0.15) is 9.98 Å². The van der Waals surface area contributed by atoms with Gasteiger partial charge in [0.25, 0.3) is 0 Å². The molecule has 0 fully saturated rings. The Morgan fingerprint density at radius 1 is 1.10 bits per heavy atom. The zero-order chi connectivity index (χ0) is 14.8. The van der Waals surface area contributed by atoms with E-state index in [2.05, 4.69) is 19.9 Å². The van der Waals surface area contributed by atoms with Crippen molar-refractivity contribution in [2.75, 3.05) is 0 Å². The van der Waals surface area contributed by atoms with Gasteiger partial charge in [0.2, 0.25) is 0 Å². The summed E-state index contributed by atoms with van der Waals surface area (Å²) in [5, 5.41) is 7.46. The number of fused-ring (bicyclic) bond motifs is 1. The number of hydrogen-bond donors (Lipinski definition) is 3. The number of nitrogen functional groups attached to an aromatic ring is 1. The van der Waals surface area contributed by atoms with Gasteiger partial charge in [-0.25, -0.2) is 9.97 Å². The Balaban J connectivity index is 2.05. The predicted octanol–water partition coefficient (Wildman–Crippen LogP) is 0.939. The second kappa shape index (κ2) is 5.00. The third-order valence-corrected chi connectivity index (χ3v) is 2.69. The van der Waals surface area contributed by atoms with Gasteiger partial charge in [0, 0.05) is 12.4 Å². The highest BCUT2D eigenvalue weighted by Gasteiger charge is 2.13. The first kappa shape index (κ1) is 12.7. The van der Waals surface area contributed by atoms with Crippen molar-refractivity contribution in [3.63, 3.8) is 0 Å².